The summed E-state index contributed by atoms with van der Waals surface area (Å²) in [5.74, 6) is 1.34. The van der Waals surface area contributed by atoms with Gasteiger partial charge in [-0.3, -0.25) is 0 Å². The topological polar surface area (TPSA) is 80.3 Å². The molecule has 0 amide bonds. The van der Waals surface area contributed by atoms with E-state index in [1.165, 1.54) is 6.07 Å². The van der Waals surface area contributed by atoms with Crippen LogP contribution in [0, 0.1) is 0 Å². The molecule has 0 saturated heterocycles. The number of para-hydroxylation sites is 3. The van der Waals surface area contributed by atoms with Crippen LogP contribution in [0.1, 0.15) is 0 Å². The number of benzene rings is 4. The highest BCUT2D eigenvalue weighted by Crippen LogP contribution is 2.50. The standard InChI is InChI=1S/C24H19O7P2/c25-32(27-20-11-4-1-5-12-20)28-23-17-10-18-24(19-23)31-33(26,29-21-13-6-2-7-14-21)30-22-15-8-3-9-16-22/h1-19H/q+1. The molecular weight excluding hydrogens is 462 g/mol. The highest BCUT2D eigenvalue weighted by atomic mass is 31.2. The van der Waals surface area contributed by atoms with Gasteiger partial charge in [0, 0.05) is 10.6 Å². The lowest BCUT2D eigenvalue weighted by Gasteiger charge is -2.19. The Balaban J connectivity index is 1.51. The average molecular weight is 481 g/mol. The molecule has 4 aromatic carbocycles. The molecular formula is C24H19O7P2+. The maximum Gasteiger partial charge on any atom is 0.805 e. The Morgan fingerprint density at radius 3 is 1.42 bits per heavy atom. The maximum atomic E-state index is 13.5. The van der Waals surface area contributed by atoms with Crippen molar-refractivity contribution in [3.8, 4) is 28.7 Å². The van der Waals surface area contributed by atoms with Crippen LogP contribution >= 0.6 is 16.1 Å². The van der Waals surface area contributed by atoms with Gasteiger partial charge in [0.15, 0.2) is 11.5 Å². The maximum absolute atomic E-state index is 13.5. The van der Waals surface area contributed by atoms with Crippen LogP contribution < -0.4 is 22.6 Å². The van der Waals surface area contributed by atoms with Crippen molar-refractivity contribution in [2.75, 3.05) is 0 Å². The molecule has 1 atom stereocenters. The van der Waals surface area contributed by atoms with Crippen LogP contribution in [-0.4, -0.2) is 0 Å². The second kappa shape index (κ2) is 10.7. The fourth-order valence-corrected chi connectivity index (χ4v) is 4.53. The van der Waals surface area contributed by atoms with Crippen molar-refractivity contribution >= 4 is 16.1 Å². The smallest absolute Gasteiger partial charge is 0.386 e. The summed E-state index contributed by atoms with van der Waals surface area (Å²) in [7, 11) is -6.65. The third kappa shape index (κ3) is 6.84. The minimum Gasteiger partial charge on any atom is -0.386 e. The third-order valence-electron chi connectivity index (χ3n) is 4.05. The molecule has 0 fully saturated rings. The van der Waals surface area contributed by atoms with Gasteiger partial charge in [0.05, 0.1) is 0 Å². The van der Waals surface area contributed by atoms with Crippen molar-refractivity contribution in [3.05, 3.63) is 115 Å². The van der Waals surface area contributed by atoms with Crippen molar-refractivity contribution < 1.29 is 31.7 Å². The highest BCUT2D eigenvalue weighted by molar-refractivity contribution is 7.49. The van der Waals surface area contributed by atoms with Crippen LogP contribution in [-0.2, 0) is 9.13 Å². The number of phosphoric acid groups is 1. The van der Waals surface area contributed by atoms with Crippen LogP contribution in [0.25, 0.3) is 0 Å². The molecule has 0 radical (unpaired) electrons. The Labute approximate surface area is 192 Å². The zero-order chi connectivity index (χ0) is 22.9. The number of rotatable bonds is 10. The van der Waals surface area contributed by atoms with Crippen molar-refractivity contribution in [3.63, 3.8) is 0 Å². The summed E-state index contributed by atoms with van der Waals surface area (Å²) in [6, 6.07) is 31.8. The predicted octanol–water partition coefficient (Wildman–Crippen LogP) is 7.45. The molecule has 0 aromatic heterocycles. The van der Waals surface area contributed by atoms with Gasteiger partial charge < -0.3 is 13.6 Å². The van der Waals surface area contributed by atoms with E-state index in [9.17, 15) is 9.13 Å². The van der Waals surface area contributed by atoms with Gasteiger partial charge >= 0.3 is 16.1 Å². The predicted molar refractivity (Wildman–Crippen MR) is 124 cm³/mol. The van der Waals surface area contributed by atoms with Crippen LogP contribution in [0.4, 0.5) is 0 Å². The third-order valence-corrected chi connectivity index (χ3v) is 6.07. The van der Waals surface area contributed by atoms with Gasteiger partial charge in [-0.15, -0.1) is 0 Å². The molecule has 9 heteroatoms. The van der Waals surface area contributed by atoms with Crippen LogP contribution in [0.5, 0.6) is 28.7 Å². The van der Waals surface area contributed by atoms with Crippen molar-refractivity contribution in [1.29, 1.82) is 0 Å². The normalized spacial score (nSPS) is 11.2. The van der Waals surface area contributed by atoms with Crippen molar-refractivity contribution in [1.82, 2.24) is 0 Å². The first-order valence-electron chi connectivity index (χ1n) is 9.85. The summed E-state index contributed by atoms with van der Waals surface area (Å²) < 4.78 is 53.2. The molecule has 0 bridgehead atoms. The summed E-state index contributed by atoms with van der Waals surface area (Å²) in [5.41, 5.74) is 0. The van der Waals surface area contributed by atoms with Crippen molar-refractivity contribution in [2.24, 2.45) is 0 Å². The summed E-state index contributed by atoms with van der Waals surface area (Å²) >= 11 is 0. The second-order valence-electron chi connectivity index (χ2n) is 6.54. The minimum absolute atomic E-state index is 0.130. The fourth-order valence-electron chi connectivity index (χ4n) is 2.67. The molecule has 0 N–H and O–H groups in total. The van der Waals surface area contributed by atoms with E-state index < -0.39 is 16.1 Å². The number of phosphoric ester groups is 1. The molecule has 1 unspecified atom stereocenters. The van der Waals surface area contributed by atoms with Gasteiger partial charge in [-0.1, -0.05) is 60.7 Å². The zero-order valence-electron chi connectivity index (χ0n) is 17.2. The van der Waals surface area contributed by atoms with Gasteiger partial charge in [0.25, 0.3) is 0 Å². The summed E-state index contributed by atoms with van der Waals surface area (Å²) in [6.45, 7) is 0. The Kier molecular flexibility index (Phi) is 7.26. The van der Waals surface area contributed by atoms with Gasteiger partial charge in [-0.2, -0.15) is 4.57 Å². The van der Waals surface area contributed by atoms with Crippen LogP contribution in [0.3, 0.4) is 0 Å². The van der Waals surface area contributed by atoms with E-state index in [1.807, 2.05) is 6.07 Å². The van der Waals surface area contributed by atoms with Gasteiger partial charge in [0.1, 0.15) is 17.2 Å². The van der Waals surface area contributed by atoms with Crippen LogP contribution in [0.2, 0.25) is 0 Å². The number of hydrogen-bond acceptors (Lipinski definition) is 7. The van der Waals surface area contributed by atoms with E-state index in [0.29, 0.717) is 17.2 Å². The van der Waals surface area contributed by atoms with E-state index in [0.717, 1.165) is 0 Å². The van der Waals surface area contributed by atoms with Gasteiger partial charge in [-0.25, -0.2) is 9.05 Å². The molecule has 0 spiro atoms. The molecule has 0 aliphatic carbocycles. The first-order chi connectivity index (χ1) is 16.1. The lowest BCUT2D eigenvalue weighted by Crippen LogP contribution is -2.07. The first kappa shape index (κ1) is 22.4. The molecule has 7 nitrogen and oxygen atoms in total. The highest BCUT2D eigenvalue weighted by Gasteiger charge is 2.33. The van der Waals surface area contributed by atoms with E-state index in [2.05, 4.69) is 0 Å². The largest absolute Gasteiger partial charge is 0.805 e. The Hall–Kier alpha value is -3.79. The zero-order valence-corrected chi connectivity index (χ0v) is 19.0. The molecule has 166 valence electrons. The Bertz CT molecular complexity index is 1190. The van der Waals surface area contributed by atoms with E-state index in [1.54, 1.807) is 103 Å². The molecule has 4 aromatic rings. The molecule has 33 heavy (non-hydrogen) atoms. The monoisotopic (exact) mass is 481 g/mol. The molecule has 0 heterocycles. The van der Waals surface area contributed by atoms with E-state index >= 15 is 0 Å². The summed E-state index contributed by atoms with van der Waals surface area (Å²) in [5, 5.41) is 0. The molecule has 0 saturated carbocycles. The SMILES string of the molecule is O=[P+](Oc1ccccc1)Oc1cccc(OP(=O)(Oc2ccccc2)Oc2ccccc2)c1. The second-order valence-corrected chi connectivity index (χ2v) is 8.80. The minimum atomic E-state index is -4.15. The van der Waals surface area contributed by atoms with Crippen molar-refractivity contribution in [2.45, 2.75) is 0 Å². The number of hydrogen-bond donors (Lipinski definition) is 0. The van der Waals surface area contributed by atoms with E-state index in [4.69, 9.17) is 22.6 Å². The van der Waals surface area contributed by atoms with Gasteiger partial charge in [-0.05, 0) is 48.5 Å². The van der Waals surface area contributed by atoms with E-state index in [-0.39, 0.29) is 11.5 Å². The van der Waals surface area contributed by atoms with Crippen LogP contribution in [0.15, 0.2) is 115 Å². The molecule has 0 aliphatic heterocycles. The summed E-state index contributed by atoms with van der Waals surface area (Å²) in [4.78, 5) is 0. The molecule has 0 aliphatic rings. The van der Waals surface area contributed by atoms with Gasteiger partial charge in [0.2, 0.25) is 0 Å². The first-order valence-corrected chi connectivity index (χ1v) is 12.4. The molecule has 4 rings (SSSR count). The fraction of sp³-hybridized carbons (Fsp3) is 0. The Morgan fingerprint density at radius 1 is 0.485 bits per heavy atom. The quantitative estimate of drug-likeness (QED) is 0.218. The lowest BCUT2D eigenvalue weighted by atomic mass is 10.3. The lowest BCUT2D eigenvalue weighted by molar-refractivity contribution is 0.298. The Morgan fingerprint density at radius 2 is 0.879 bits per heavy atom. The summed E-state index contributed by atoms with van der Waals surface area (Å²) in [6.07, 6.45) is 0. The average Bonchev–Trinajstić information content (AvgIpc) is 2.81.